The molecule has 0 aliphatic carbocycles. The van der Waals surface area contributed by atoms with Crippen molar-refractivity contribution in [1.82, 2.24) is 29.5 Å². The topological polar surface area (TPSA) is 104 Å². The molecule has 2 N–H and O–H groups in total. The second-order valence-corrected chi connectivity index (χ2v) is 12.5. The molecule has 11 nitrogen and oxygen atoms in total. The molecule has 0 radical (unpaired) electrons. The van der Waals surface area contributed by atoms with Crippen molar-refractivity contribution in [3.63, 3.8) is 0 Å². The lowest BCUT2D eigenvalue weighted by atomic mass is 10.0. The molecular formula is C34H40FN9O2S. The molecule has 2 aliphatic rings. The van der Waals surface area contributed by atoms with Crippen molar-refractivity contribution in [2.45, 2.75) is 24.0 Å². The Morgan fingerprint density at radius 1 is 1.02 bits per heavy atom. The highest BCUT2D eigenvalue weighted by Crippen LogP contribution is 2.39. The molecule has 2 saturated heterocycles. The minimum Gasteiger partial charge on any atom is -0.494 e. The van der Waals surface area contributed by atoms with E-state index in [4.69, 9.17) is 4.74 Å². The molecule has 0 saturated carbocycles. The zero-order valence-electron chi connectivity index (χ0n) is 26.9. The molecular weight excluding hydrogens is 618 g/mol. The quantitative estimate of drug-likeness (QED) is 0.173. The minimum atomic E-state index is -0.321. The Kier molecular flexibility index (Phi) is 10.0. The van der Waals surface area contributed by atoms with Gasteiger partial charge in [0.2, 0.25) is 5.91 Å². The molecule has 2 fully saturated rings. The number of anilines is 4. The second-order valence-electron chi connectivity index (χ2n) is 11.7. The average Bonchev–Trinajstić information content (AvgIpc) is 3.54. The summed E-state index contributed by atoms with van der Waals surface area (Å²) in [6.45, 7) is 9.54. The number of piperazine rings is 1. The van der Waals surface area contributed by atoms with Gasteiger partial charge in [0.05, 0.1) is 29.9 Å². The van der Waals surface area contributed by atoms with Crippen molar-refractivity contribution in [2.75, 3.05) is 75.2 Å². The fraction of sp³-hybridized carbons (Fsp3) is 0.353. The van der Waals surface area contributed by atoms with Gasteiger partial charge < -0.3 is 25.2 Å². The van der Waals surface area contributed by atoms with Gasteiger partial charge in [0, 0.05) is 56.1 Å². The van der Waals surface area contributed by atoms with Crippen molar-refractivity contribution < 1.29 is 13.9 Å². The SMILES string of the molecule is C=CC(=O)Nc1cc(Nc2cc(-n3c(SC)nnc3-c3ccc(F)cc3)ccn2)c(OC)cc1N1CCN(C2CCN(C)CC2)CC1. The number of hydrogen-bond acceptors (Lipinski definition) is 10. The summed E-state index contributed by atoms with van der Waals surface area (Å²) in [6, 6.07) is 14.4. The van der Waals surface area contributed by atoms with E-state index in [1.807, 2.05) is 35.1 Å². The third-order valence-electron chi connectivity index (χ3n) is 8.80. The van der Waals surface area contributed by atoms with Crippen LogP contribution in [0.4, 0.5) is 27.3 Å². The van der Waals surface area contributed by atoms with Crippen LogP contribution in [0.25, 0.3) is 17.1 Å². The van der Waals surface area contributed by atoms with Crippen LogP contribution >= 0.6 is 11.8 Å². The average molecular weight is 658 g/mol. The van der Waals surface area contributed by atoms with Crippen LogP contribution in [-0.2, 0) is 4.79 Å². The number of carbonyl (C=O) groups excluding carboxylic acids is 1. The number of thioether (sulfide) groups is 1. The molecule has 0 bridgehead atoms. The highest BCUT2D eigenvalue weighted by molar-refractivity contribution is 7.98. The summed E-state index contributed by atoms with van der Waals surface area (Å²) in [4.78, 5) is 24.4. The number of rotatable bonds is 10. The number of nitrogens with one attached hydrogen (secondary N) is 2. The molecule has 47 heavy (non-hydrogen) atoms. The number of amides is 1. The van der Waals surface area contributed by atoms with E-state index in [2.05, 4.69) is 54.1 Å². The third-order valence-corrected chi connectivity index (χ3v) is 9.43. The number of pyridine rings is 1. The number of likely N-dealkylation sites (tertiary alicyclic amines) is 1. The number of methoxy groups -OCH3 is 1. The van der Waals surface area contributed by atoms with E-state index in [-0.39, 0.29) is 11.7 Å². The Labute approximate surface area is 278 Å². The van der Waals surface area contributed by atoms with E-state index in [1.165, 1.54) is 42.8 Å². The highest BCUT2D eigenvalue weighted by atomic mass is 32.2. The lowest BCUT2D eigenvalue weighted by Gasteiger charge is -2.43. The predicted octanol–water partition coefficient (Wildman–Crippen LogP) is 5.28. The van der Waals surface area contributed by atoms with E-state index in [0.717, 1.165) is 56.2 Å². The Morgan fingerprint density at radius 2 is 1.77 bits per heavy atom. The summed E-state index contributed by atoms with van der Waals surface area (Å²) in [6.07, 6.45) is 7.29. The largest absolute Gasteiger partial charge is 0.494 e. The standard InChI is InChI=1S/C34H40FN9O2S/c1-5-32(45)38-27-21-28(30(46-3)22-29(27)43-18-16-42(17-19-43)25-11-14-41(2)15-12-25)37-31-20-26(10-13-36-31)44-33(39-40-34(44)47-4)23-6-8-24(35)9-7-23/h5-10,13,20-22,25H,1,11-12,14-19H2,2-4H3,(H,36,37)(H,38,45). The van der Waals surface area contributed by atoms with E-state index in [1.54, 1.807) is 25.4 Å². The van der Waals surface area contributed by atoms with Crippen LogP contribution in [0.1, 0.15) is 12.8 Å². The van der Waals surface area contributed by atoms with E-state index in [0.29, 0.717) is 40.0 Å². The van der Waals surface area contributed by atoms with Gasteiger partial charge in [-0.3, -0.25) is 14.3 Å². The number of aromatic nitrogens is 4. The maximum absolute atomic E-state index is 13.7. The summed E-state index contributed by atoms with van der Waals surface area (Å²) in [5.41, 5.74) is 3.69. The van der Waals surface area contributed by atoms with Crippen LogP contribution < -0.4 is 20.3 Å². The van der Waals surface area contributed by atoms with Gasteiger partial charge in [-0.2, -0.15) is 0 Å². The summed E-state index contributed by atoms with van der Waals surface area (Å²) in [5, 5.41) is 15.8. The van der Waals surface area contributed by atoms with Crippen LogP contribution in [0, 0.1) is 5.82 Å². The van der Waals surface area contributed by atoms with Gasteiger partial charge in [-0.1, -0.05) is 18.3 Å². The van der Waals surface area contributed by atoms with Crippen LogP contribution in [0.15, 0.2) is 72.5 Å². The summed E-state index contributed by atoms with van der Waals surface area (Å²) < 4.78 is 21.4. The minimum absolute atomic E-state index is 0.294. The number of benzene rings is 2. The highest BCUT2D eigenvalue weighted by Gasteiger charge is 2.28. The zero-order chi connectivity index (χ0) is 32.9. The Morgan fingerprint density at radius 3 is 2.45 bits per heavy atom. The number of carbonyl (C=O) groups is 1. The molecule has 0 unspecified atom stereocenters. The molecule has 4 heterocycles. The number of ether oxygens (including phenoxy) is 1. The summed E-state index contributed by atoms with van der Waals surface area (Å²) in [7, 11) is 3.82. The van der Waals surface area contributed by atoms with E-state index >= 15 is 0 Å². The smallest absolute Gasteiger partial charge is 0.247 e. The van der Waals surface area contributed by atoms with E-state index in [9.17, 15) is 9.18 Å². The Hall–Kier alpha value is -4.46. The molecule has 6 rings (SSSR count). The fourth-order valence-corrected chi connectivity index (χ4v) is 6.75. The molecule has 0 spiro atoms. The maximum Gasteiger partial charge on any atom is 0.247 e. The van der Waals surface area contributed by atoms with Gasteiger partial charge in [-0.05, 0) is 81.7 Å². The zero-order valence-corrected chi connectivity index (χ0v) is 27.8. The van der Waals surface area contributed by atoms with Crippen molar-refractivity contribution in [1.29, 1.82) is 0 Å². The summed E-state index contributed by atoms with van der Waals surface area (Å²) >= 11 is 1.45. The van der Waals surface area contributed by atoms with Crippen LogP contribution in [0.3, 0.4) is 0 Å². The van der Waals surface area contributed by atoms with Crippen molar-refractivity contribution in [3.05, 3.63) is 73.2 Å². The Balaban J connectivity index is 1.28. The van der Waals surface area contributed by atoms with Crippen molar-refractivity contribution >= 4 is 40.5 Å². The number of piperidine rings is 1. The number of nitrogens with zero attached hydrogens (tertiary/aromatic N) is 7. The molecule has 1 amide bonds. The maximum atomic E-state index is 13.7. The molecule has 246 valence electrons. The first-order chi connectivity index (χ1) is 22.9. The van der Waals surface area contributed by atoms with Gasteiger partial charge in [0.15, 0.2) is 11.0 Å². The van der Waals surface area contributed by atoms with Crippen molar-refractivity contribution in [2.24, 2.45) is 0 Å². The first kappa shape index (κ1) is 32.5. The molecule has 0 atom stereocenters. The van der Waals surface area contributed by atoms with Gasteiger partial charge >= 0.3 is 0 Å². The lowest BCUT2D eigenvalue weighted by Crippen LogP contribution is -2.53. The van der Waals surface area contributed by atoms with Gasteiger partial charge in [-0.15, -0.1) is 10.2 Å². The van der Waals surface area contributed by atoms with Gasteiger partial charge in [0.1, 0.15) is 17.4 Å². The first-order valence-corrected chi connectivity index (χ1v) is 16.9. The van der Waals surface area contributed by atoms with Crippen LogP contribution in [0.5, 0.6) is 5.75 Å². The molecule has 2 aliphatic heterocycles. The van der Waals surface area contributed by atoms with E-state index < -0.39 is 0 Å². The molecule has 4 aromatic rings. The Bertz CT molecular complexity index is 1720. The summed E-state index contributed by atoms with van der Waals surface area (Å²) in [5.74, 6) is 1.13. The predicted molar refractivity (Wildman–Crippen MR) is 186 cm³/mol. The lowest BCUT2D eigenvalue weighted by molar-refractivity contribution is -0.111. The molecule has 2 aromatic heterocycles. The second kappa shape index (κ2) is 14.5. The van der Waals surface area contributed by atoms with Crippen molar-refractivity contribution in [3.8, 4) is 22.8 Å². The van der Waals surface area contributed by atoms with Crippen LogP contribution in [0.2, 0.25) is 0 Å². The number of halogens is 1. The monoisotopic (exact) mass is 657 g/mol. The number of hydrogen-bond donors (Lipinski definition) is 2. The normalized spacial score (nSPS) is 16.2. The van der Waals surface area contributed by atoms with Crippen LogP contribution in [-0.4, -0.2) is 101 Å². The first-order valence-electron chi connectivity index (χ1n) is 15.7. The third kappa shape index (κ3) is 7.27. The molecule has 2 aromatic carbocycles. The fourth-order valence-electron chi connectivity index (χ4n) is 6.25. The molecule has 13 heteroatoms. The van der Waals surface area contributed by atoms with Gasteiger partial charge in [-0.25, -0.2) is 9.37 Å². The van der Waals surface area contributed by atoms with Gasteiger partial charge in [0.25, 0.3) is 0 Å².